The lowest BCUT2D eigenvalue weighted by molar-refractivity contribution is -0.137. The van der Waals surface area contributed by atoms with Gasteiger partial charge in [-0.3, -0.25) is 14.4 Å². The molecule has 0 atom stereocenters. The Hall–Kier alpha value is -2.70. The van der Waals surface area contributed by atoms with E-state index in [0.29, 0.717) is 6.54 Å². The fraction of sp³-hybridized carbons (Fsp3) is 0.375. The second kappa shape index (κ2) is 7.53. The van der Waals surface area contributed by atoms with Crippen molar-refractivity contribution >= 4 is 23.5 Å². The van der Waals surface area contributed by atoms with Gasteiger partial charge in [0, 0.05) is 26.4 Å². The number of hydrogen-bond donors (Lipinski definition) is 1. The molecule has 1 heterocycles. The minimum Gasteiger partial charge on any atom is -0.481 e. The molecular formula is C16H19N3O4. The Morgan fingerprint density at radius 1 is 1.26 bits per heavy atom. The molecule has 122 valence electrons. The zero-order chi connectivity index (χ0) is 16.8. The number of carbonyl (C=O) groups is 3. The van der Waals surface area contributed by atoms with E-state index in [1.54, 1.807) is 0 Å². The molecular weight excluding hydrogens is 298 g/mol. The predicted molar refractivity (Wildman–Crippen MR) is 83.6 cm³/mol. The van der Waals surface area contributed by atoms with Crippen molar-refractivity contribution in [2.45, 2.75) is 25.8 Å². The van der Waals surface area contributed by atoms with Gasteiger partial charge in [-0.15, -0.1) is 0 Å². The van der Waals surface area contributed by atoms with E-state index in [0.717, 1.165) is 5.56 Å². The Bertz CT molecular complexity index is 627. The normalized spacial score (nSPS) is 14.4. The molecule has 0 unspecified atom stereocenters. The summed E-state index contributed by atoms with van der Waals surface area (Å²) >= 11 is 0. The highest BCUT2D eigenvalue weighted by Crippen LogP contribution is 2.14. The number of carboxylic acid groups (broad SMARTS) is 1. The number of hydrogen-bond acceptors (Lipinski definition) is 4. The van der Waals surface area contributed by atoms with E-state index in [4.69, 9.17) is 5.11 Å². The van der Waals surface area contributed by atoms with Crippen LogP contribution in [-0.4, -0.2) is 52.1 Å². The summed E-state index contributed by atoms with van der Waals surface area (Å²) < 4.78 is 0. The van der Waals surface area contributed by atoms with Crippen LogP contribution in [0.3, 0.4) is 0 Å². The van der Waals surface area contributed by atoms with Gasteiger partial charge in [0.1, 0.15) is 5.71 Å². The van der Waals surface area contributed by atoms with E-state index in [-0.39, 0.29) is 43.3 Å². The van der Waals surface area contributed by atoms with Gasteiger partial charge in [0.05, 0.1) is 13.0 Å². The second-order valence-corrected chi connectivity index (χ2v) is 5.35. The molecule has 0 spiro atoms. The summed E-state index contributed by atoms with van der Waals surface area (Å²) in [6, 6.07) is 9.41. The zero-order valence-corrected chi connectivity index (χ0v) is 12.9. The van der Waals surface area contributed by atoms with Gasteiger partial charge >= 0.3 is 5.97 Å². The Balaban J connectivity index is 2.06. The lowest BCUT2D eigenvalue weighted by Gasteiger charge is -2.25. The number of nitrogens with zero attached hydrogens (tertiary/aromatic N) is 3. The topological polar surface area (TPSA) is 90.3 Å². The highest BCUT2D eigenvalue weighted by molar-refractivity contribution is 6.39. The third-order valence-corrected chi connectivity index (χ3v) is 3.53. The van der Waals surface area contributed by atoms with Crippen molar-refractivity contribution < 1.29 is 19.5 Å². The Morgan fingerprint density at radius 2 is 1.96 bits per heavy atom. The molecule has 0 aliphatic carbocycles. The number of benzene rings is 1. The SMILES string of the molecule is CN(CCC(=O)O)C(=O)C1=NN(Cc2ccccc2)C(=O)CC1. The summed E-state index contributed by atoms with van der Waals surface area (Å²) in [4.78, 5) is 36.2. The molecule has 1 N–H and O–H groups in total. The molecule has 1 aliphatic heterocycles. The number of carboxylic acids is 1. The number of carbonyl (C=O) groups excluding carboxylic acids is 2. The number of amides is 2. The first-order valence-corrected chi connectivity index (χ1v) is 7.36. The van der Waals surface area contributed by atoms with Crippen LogP contribution in [0.15, 0.2) is 35.4 Å². The third-order valence-electron chi connectivity index (χ3n) is 3.53. The molecule has 1 aromatic carbocycles. The van der Waals surface area contributed by atoms with E-state index in [9.17, 15) is 14.4 Å². The van der Waals surface area contributed by atoms with E-state index < -0.39 is 5.97 Å². The summed E-state index contributed by atoms with van der Waals surface area (Å²) in [5, 5.41) is 14.1. The van der Waals surface area contributed by atoms with E-state index >= 15 is 0 Å². The first-order valence-electron chi connectivity index (χ1n) is 7.36. The van der Waals surface area contributed by atoms with Gasteiger partial charge in [0.2, 0.25) is 5.91 Å². The van der Waals surface area contributed by atoms with Crippen LogP contribution in [-0.2, 0) is 20.9 Å². The van der Waals surface area contributed by atoms with Crippen LogP contribution in [0.5, 0.6) is 0 Å². The van der Waals surface area contributed by atoms with E-state index in [1.807, 2.05) is 30.3 Å². The van der Waals surface area contributed by atoms with E-state index in [1.165, 1.54) is 17.0 Å². The molecule has 0 fully saturated rings. The fourth-order valence-electron chi connectivity index (χ4n) is 2.22. The maximum atomic E-state index is 12.3. The average Bonchev–Trinajstić information content (AvgIpc) is 2.55. The van der Waals surface area contributed by atoms with Gasteiger partial charge in [-0.05, 0) is 5.56 Å². The molecule has 7 heteroatoms. The standard InChI is InChI=1S/C16H19N3O4/c1-18(10-9-15(21)22)16(23)13-7-8-14(20)19(17-13)11-12-5-3-2-4-6-12/h2-6H,7-11H2,1H3,(H,21,22). The lowest BCUT2D eigenvalue weighted by Crippen LogP contribution is -2.40. The van der Waals surface area contributed by atoms with Crippen molar-refractivity contribution in [2.75, 3.05) is 13.6 Å². The Morgan fingerprint density at radius 3 is 2.61 bits per heavy atom. The second-order valence-electron chi connectivity index (χ2n) is 5.35. The van der Waals surface area contributed by atoms with Gasteiger partial charge in [-0.25, -0.2) is 5.01 Å². The third kappa shape index (κ3) is 4.64. The van der Waals surface area contributed by atoms with Gasteiger partial charge in [-0.1, -0.05) is 30.3 Å². The van der Waals surface area contributed by atoms with Crippen LogP contribution in [0.2, 0.25) is 0 Å². The van der Waals surface area contributed by atoms with Crippen LogP contribution in [0.4, 0.5) is 0 Å². The minimum absolute atomic E-state index is 0.111. The highest BCUT2D eigenvalue weighted by atomic mass is 16.4. The van der Waals surface area contributed by atoms with Crippen LogP contribution in [0, 0.1) is 0 Å². The molecule has 1 aromatic rings. The summed E-state index contributed by atoms with van der Waals surface area (Å²) in [5.41, 5.74) is 1.21. The van der Waals surface area contributed by atoms with Crippen molar-refractivity contribution in [2.24, 2.45) is 5.10 Å². The largest absolute Gasteiger partial charge is 0.481 e. The van der Waals surface area contributed by atoms with Gasteiger partial charge in [0.25, 0.3) is 5.91 Å². The summed E-state index contributed by atoms with van der Waals surface area (Å²) in [7, 11) is 1.53. The van der Waals surface area contributed by atoms with Crippen LogP contribution in [0.1, 0.15) is 24.8 Å². The highest BCUT2D eigenvalue weighted by Gasteiger charge is 2.26. The first kappa shape index (κ1) is 16.7. The molecule has 7 nitrogen and oxygen atoms in total. The summed E-state index contributed by atoms with van der Waals surface area (Å²) in [6.07, 6.45) is 0.382. The van der Waals surface area contributed by atoms with Gasteiger partial charge in [-0.2, -0.15) is 5.10 Å². The first-order chi connectivity index (χ1) is 11.0. The molecule has 1 aliphatic rings. The molecule has 23 heavy (non-hydrogen) atoms. The van der Waals surface area contributed by atoms with Crippen molar-refractivity contribution in [1.29, 1.82) is 0 Å². The molecule has 0 saturated carbocycles. The Labute approximate surface area is 134 Å². The van der Waals surface area contributed by atoms with Crippen LogP contribution >= 0.6 is 0 Å². The molecule has 0 aromatic heterocycles. The van der Waals surface area contributed by atoms with Crippen molar-refractivity contribution in [3.05, 3.63) is 35.9 Å². The fourth-order valence-corrected chi connectivity index (χ4v) is 2.22. The monoisotopic (exact) mass is 317 g/mol. The number of aliphatic carboxylic acids is 1. The van der Waals surface area contributed by atoms with Gasteiger partial charge in [0.15, 0.2) is 0 Å². The van der Waals surface area contributed by atoms with Crippen LogP contribution in [0.25, 0.3) is 0 Å². The average molecular weight is 317 g/mol. The van der Waals surface area contributed by atoms with Crippen LogP contribution < -0.4 is 0 Å². The number of rotatable bonds is 6. The molecule has 0 radical (unpaired) electrons. The summed E-state index contributed by atoms with van der Waals surface area (Å²) in [5.74, 6) is -1.42. The van der Waals surface area contributed by atoms with Gasteiger partial charge < -0.3 is 10.0 Å². The quantitative estimate of drug-likeness (QED) is 0.850. The van der Waals surface area contributed by atoms with E-state index in [2.05, 4.69) is 5.10 Å². The zero-order valence-electron chi connectivity index (χ0n) is 12.9. The molecule has 2 amide bonds. The van der Waals surface area contributed by atoms with Crippen molar-refractivity contribution in [1.82, 2.24) is 9.91 Å². The van der Waals surface area contributed by atoms with Crippen molar-refractivity contribution in [3.63, 3.8) is 0 Å². The van der Waals surface area contributed by atoms with Crippen molar-refractivity contribution in [3.8, 4) is 0 Å². The molecule has 0 bridgehead atoms. The maximum absolute atomic E-state index is 12.3. The minimum atomic E-state index is -0.962. The smallest absolute Gasteiger partial charge is 0.305 e. The molecule has 0 saturated heterocycles. The summed E-state index contributed by atoms with van der Waals surface area (Å²) in [6.45, 7) is 0.426. The molecule has 2 rings (SSSR count). The Kier molecular flexibility index (Phi) is 5.46. The number of hydrazone groups is 1. The lowest BCUT2D eigenvalue weighted by atomic mass is 10.1. The predicted octanol–water partition coefficient (Wildman–Crippen LogP) is 1.10. The maximum Gasteiger partial charge on any atom is 0.305 e.